The van der Waals surface area contributed by atoms with Crippen LogP contribution in [0.1, 0.15) is 16.7 Å². The van der Waals surface area contributed by atoms with Gasteiger partial charge in [-0.3, -0.25) is 4.90 Å². The van der Waals surface area contributed by atoms with Gasteiger partial charge >= 0.3 is 0 Å². The first-order valence-corrected chi connectivity index (χ1v) is 9.68. The van der Waals surface area contributed by atoms with Gasteiger partial charge in [0.25, 0.3) is 0 Å². The van der Waals surface area contributed by atoms with E-state index in [-0.39, 0.29) is 13.2 Å². The van der Waals surface area contributed by atoms with E-state index in [1.54, 1.807) is 0 Å². The Balaban J connectivity index is 1.87. The van der Waals surface area contributed by atoms with Crippen LogP contribution < -0.4 is 0 Å². The SMILES string of the molecule is OC[C@@H]1[C@H](O)[C@H](O)CN1C1(c2ccccc2)c2ccccc2-c2ccccc21. The summed E-state index contributed by atoms with van der Waals surface area (Å²) in [5.41, 5.74) is 4.90. The van der Waals surface area contributed by atoms with Crippen molar-refractivity contribution in [1.82, 2.24) is 4.90 Å². The van der Waals surface area contributed by atoms with Crippen molar-refractivity contribution in [3.8, 4) is 11.1 Å². The van der Waals surface area contributed by atoms with E-state index in [1.165, 1.54) is 0 Å². The van der Waals surface area contributed by atoms with Crippen LogP contribution in [0.3, 0.4) is 0 Å². The average Bonchev–Trinajstić information content (AvgIpc) is 3.21. The molecule has 4 nitrogen and oxygen atoms in total. The molecule has 1 heterocycles. The van der Waals surface area contributed by atoms with E-state index < -0.39 is 23.8 Å². The summed E-state index contributed by atoms with van der Waals surface area (Å²) >= 11 is 0. The molecule has 0 aromatic heterocycles. The van der Waals surface area contributed by atoms with Crippen molar-refractivity contribution in [1.29, 1.82) is 0 Å². The fourth-order valence-electron chi connectivity index (χ4n) is 5.16. The maximum Gasteiger partial charge on any atom is 0.0990 e. The van der Waals surface area contributed by atoms with Crippen LogP contribution in [-0.2, 0) is 5.54 Å². The molecule has 142 valence electrons. The van der Waals surface area contributed by atoms with Gasteiger partial charge in [-0.05, 0) is 27.8 Å². The summed E-state index contributed by atoms with van der Waals surface area (Å²) in [6.45, 7) is 0.0566. The second-order valence-electron chi connectivity index (χ2n) is 7.63. The molecule has 0 bridgehead atoms. The summed E-state index contributed by atoms with van der Waals surface area (Å²) in [5.74, 6) is 0. The monoisotopic (exact) mass is 373 g/mol. The molecular weight excluding hydrogens is 350 g/mol. The molecule has 3 aromatic rings. The van der Waals surface area contributed by atoms with Crippen LogP contribution >= 0.6 is 0 Å². The van der Waals surface area contributed by atoms with Crippen molar-refractivity contribution in [3.05, 3.63) is 95.6 Å². The summed E-state index contributed by atoms with van der Waals surface area (Å²) in [7, 11) is 0. The first-order chi connectivity index (χ1) is 13.7. The number of benzene rings is 3. The summed E-state index contributed by atoms with van der Waals surface area (Å²) in [6, 6.07) is 26.2. The Labute approximate surface area is 164 Å². The lowest BCUT2D eigenvalue weighted by atomic mass is 9.78. The lowest BCUT2D eigenvalue weighted by Gasteiger charge is -2.44. The Kier molecular flexibility index (Phi) is 4.11. The molecule has 0 saturated carbocycles. The van der Waals surface area contributed by atoms with Crippen LogP contribution in [0.15, 0.2) is 78.9 Å². The number of hydrogen-bond acceptors (Lipinski definition) is 4. The Bertz CT molecular complexity index is 958. The quantitative estimate of drug-likeness (QED) is 0.660. The molecule has 28 heavy (non-hydrogen) atoms. The van der Waals surface area contributed by atoms with Crippen LogP contribution in [0.2, 0.25) is 0 Å². The van der Waals surface area contributed by atoms with Crippen LogP contribution in [0.4, 0.5) is 0 Å². The molecule has 3 atom stereocenters. The molecule has 0 spiro atoms. The molecule has 0 amide bonds. The van der Waals surface area contributed by atoms with Crippen molar-refractivity contribution < 1.29 is 15.3 Å². The Morgan fingerprint density at radius 1 is 0.786 bits per heavy atom. The van der Waals surface area contributed by atoms with Crippen LogP contribution in [-0.4, -0.2) is 51.6 Å². The van der Waals surface area contributed by atoms with Gasteiger partial charge in [-0.25, -0.2) is 0 Å². The predicted molar refractivity (Wildman–Crippen MR) is 108 cm³/mol. The Hall–Kier alpha value is -2.50. The van der Waals surface area contributed by atoms with Gasteiger partial charge in [0.05, 0.1) is 30.4 Å². The molecule has 3 N–H and O–H groups in total. The second kappa shape index (κ2) is 6.54. The van der Waals surface area contributed by atoms with E-state index in [2.05, 4.69) is 41.3 Å². The maximum atomic E-state index is 10.6. The molecule has 3 aromatic carbocycles. The van der Waals surface area contributed by atoms with Gasteiger partial charge in [0.2, 0.25) is 0 Å². The first-order valence-electron chi connectivity index (χ1n) is 9.68. The largest absolute Gasteiger partial charge is 0.395 e. The van der Waals surface area contributed by atoms with E-state index in [1.807, 2.05) is 42.5 Å². The number of likely N-dealkylation sites (tertiary alicyclic amines) is 1. The highest BCUT2D eigenvalue weighted by Crippen LogP contribution is 2.55. The molecule has 1 saturated heterocycles. The fraction of sp³-hybridized carbons (Fsp3) is 0.250. The Morgan fingerprint density at radius 2 is 1.32 bits per heavy atom. The highest BCUT2D eigenvalue weighted by molar-refractivity contribution is 5.83. The summed E-state index contributed by atoms with van der Waals surface area (Å²) in [4.78, 5) is 2.09. The second-order valence-corrected chi connectivity index (χ2v) is 7.63. The minimum atomic E-state index is -0.995. The minimum absolute atomic E-state index is 0.225. The summed E-state index contributed by atoms with van der Waals surface area (Å²) < 4.78 is 0. The zero-order valence-electron chi connectivity index (χ0n) is 15.4. The van der Waals surface area contributed by atoms with Crippen molar-refractivity contribution in [3.63, 3.8) is 0 Å². The number of nitrogens with zero attached hydrogens (tertiary/aromatic N) is 1. The number of aliphatic hydroxyl groups excluding tert-OH is 3. The average molecular weight is 373 g/mol. The number of aliphatic hydroxyl groups is 3. The van der Waals surface area contributed by atoms with Gasteiger partial charge in [0.1, 0.15) is 0 Å². The van der Waals surface area contributed by atoms with Gasteiger partial charge < -0.3 is 15.3 Å². The van der Waals surface area contributed by atoms with Gasteiger partial charge in [0, 0.05) is 6.54 Å². The van der Waals surface area contributed by atoms with Crippen LogP contribution in [0.25, 0.3) is 11.1 Å². The lowest BCUT2D eigenvalue weighted by molar-refractivity contribution is 0.0125. The third-order valence-electron chi connectivity index (χ3n) is 6.31. The minimum Gasteiger partial charge on any atom is -0.395 e. The van der Waals surface area contributed by atoms with E-state index >= 15 is 0 Å². The highest BCUT2D eigenvalue weighted by Gasteiger charge is 2.55. The topological polar surface area (TPSA) is 63.9 Å². The number of fused-ring (bicyclic) bond motifs is 3. The lowest BCUT2D eigenvalue weighted by Crippen LogP contribution is -2.52. The highest BCUT2D eigenvalue weighted by atomic mass is 16.3. The molecule has 1 fully saturated rings. The normalized spacial score (nSPS) is 25.5. The smallest absolute Gasteiger partial charge is 0.0990 e. The number of hydrogen-bond donors (Lipinski definition) is 3. The number of rotatable bonds is 3. The zero-order chi connectivity index (χ0) is 19.3. The third kappa shape index (κ3) is 2.20. The van der Waals surface area contributed by atoms with Crippen molar-refractivity contribution >= 4 is 0 Å². The fourth-order valence-corrected chi connectivity index (χ4v) is 5.16. The van der Waals surface area contributed by atoms with E-state index in [9.17, 15) is 15.3 Å². The van der Waals surface area contributed by atoms with Gasteiger partial charge in [-0.1, -0.05) is 78.9 Å². The van der Waals surface area contributed by atoms with Gasteiger partial charge in [0.15, 0.2) is 0 Å². The summed E-state index contributed by atoms with van der Waals surface area (Å²) in [6.07, 6.45) is -1.90. The van der Waals surface area contributed by atoms with E-state index in [4.69, 9.17) is 0 Å². The van der Waals surface area contributed by atoms with Crippen molar-refractivity contribution in [2.75, 3.05) is 13.2 Å². The molecule has 0 unspecified atom stereocenters. The maximum absolute atomic E-state index is 10.6. The molecule has 1 aliphatic heterocycles. The molecular formula is C24H23NO3. The van der Waals surface area contributed by atoms with Crippen molar-refractivity contribution in [2.24, 2.45) is 0 Å². The zero-order valence-corrected chi connectivity index (χ0v) is 15.4. The number of β-amino-alcohol motifs (C(OH)–C–C–N with tert-alkyl or cyclic N) is 1. The van der Waals surface area contributed by atoms with Crippen LogP contribution in [0.5, 0.6) is 0 Å². The standard InChI is InChI=1S/C24H23NO3/c26-15-21-23(28)22(27)14-25(21)24(16-8-2-1-3-9-16)19-12-6-4-10-17(19)18-11-5-7-13-20(18)24/h1-13,21-23,26-28H,14-15H2/t21-,22-,23+/m1/s1. The summed E-state index contributed by atoms with van der Waals surface area (Å²) in [5, 5.41) is 31.2. The third-order valence-corrected chi connectivity index (χ3v) is 6.31. The molecule has 0 radical (unpaired) electrons. The molecule has 2 aliphatic rings. The van der Waals surface area contributed by atoms with Crippen molar-refractivity contribution in [2.45, 2.75) is 23.8 Å². The predicted octanol–water partition coefficient (Wildman–Crippen LogP) is 2.36. The Morgan fingerprint density at radius 3 is 1.89 bits per heavy atom. The first kappa shape index (κ1) is 17.6. The van der Waals surface area contributed by atoms with Gasteiger partial charge in [-0.15, -0.1) is 0 Å². The molecule has 4 heteroatoms. The van der Waals surface area contributed by atoms with E-state index in [0.29, 0.717) is 0 Å². The van der Waals surface area contributed by atoms with E-state index in [0.717, 1.165) is 27.8 Å². The molecule has 1 aliphatic carbocycles. The molecule has 5 rings (SSSR count). The van der Waals surface area contributed by atoms with Crippen LogP contribution in [0, 0.1) is 0 Å². The van der Waals surface area contributed by atoms with Gasteiger partial charge in [-0.2, -0.15) is 0 Å².